The highest BCUT2D eigenvalue weighted by atomic mass is 16.5. The van der Waals surface area contributed by atoms with E-state index in [9.17, 15) is 19.2 Å². The van der Waals surface area contributed by atoms with Gasteiger partial charge in [0.2, 0.25) is 0 Å². The molecule has 0 spiro atoms. The van der Waals surface area contributed by atoms with Gasteiger partial charge in [0.15, 0.2) is 12.1 Å². The zero-order valence-corrected chi connectivity index (χ0v) is 40.8. The van der Waals surface area contributed by atoms with Crippen LogP contribution >= 0.6 is 0 Å². The minimum Gasteiger partial charge on any atom is -0.468 e. The zero-order valence-electron chi connectivity index (χ0n) is 40.8. The Balaban J connectivity index is 1.23. The van der Waals surface area contributed by atoms with Gasteiger partial charge in [-0.3, -0.25) is 19.2 Å². The molecule has 0 aromatic carbocycles. The summed E-state index contributed by atoms with van der Waals surface area (Å²) in [6.45, 7) is 23.9. The van der Waals surface area contributed by atoms with Crippen LogP contribution in [0.1, 0.15) is 185 Å². The van der Waals surface area contributed by atoms with Crippen LogP contribution in [-0.4, -0.2) is 52.7 Å². The van der Waals surface area contributed by atoms with Crippen LogP contribution in [0.5, 0.6) is 0 Å². The molecule has 0 amide bonds. The molecule has 3 aliphatic rings. The number of ether oxygens (including phenoxy) is 2. The van der Waals surface area contributed by atoms with Gasteiger partial charge in [-0.1, -0.05) is 105 Å². The molecule has 10 heteroatoms. The number of ketones is 1. The van der Waals surface area contributed by atoms with E-state index < -0.39 is 11.9 Å². The van der Waals surface area contributed by atoms with Crippen molar-refractivity contribution in [2.24, 2.45) is 35.5 Å². The summed E-state index contributed by atoms with van der Waals surface area (Å²) in [4.78, 5) is 64.7. The van der Waals surface area contributed by atoms with Crippen molar-refractivity contribution >= 4 is 53.9 Å². The summed E-state index contributed by atoms with van der Waals surface area (Å²) in [5, 5.41) is 5.08. The van der Waals surface area contributed by atoms with Crippen molar-refractivity contribution in [3.63, 3.8) is 0 Å². The molecule has 5 heterocycles. The summed E-state index contributed by atoms with van der Waals surface area (Å²) >= 11 is 0. The van der Waals surface area contributed by atoms with E-state index in [0.29, 0.717) is 63.5 Å². The maximum Gasteiger partial charge on any atom is 0.321 e. The Morgan fingerprint density at radius 3 is 2.15 bits per heavy atom. The minimum atomic E-state index is -1.19. The van der Waals surface area contributed by atoms with Gasteiger partial charge in [-0.2, -0.15) is 0 Å². The molecule has 65 heavy (non-hydrogen) atoms. The number of hydrogen-bond donors (Lipinski definition) is 4. The molecule has 8 bridgehead atoms. The van der Waals surface area contributed by atoms with E-state index >= 15 is 0 Å². The van der Waals surface area contributed by atoms with Gasteiger partial charge in [-0.25, -0.2) is 0 Å². The highest BCUT2D eigenvalue weighted by Crippen LogP contribution is 2.48. The number of methoxy groups -OCH3 is 1. The largest absolute Gasteiger partial charge is 0.468 e. The first-order valence-electron chi connectivity index (χ1n) is 24.2. The normalized spacial score (nSPS) is 18.8. The second-order valence-corrected chi connectivity index (χ2v) is 19.6. The Morgan fingerprint density at radius 1 is 0.846 bits per heavy atom. The number of rotatable bonds is 21. The third kappa shape index (κ3) is 10.8. The number of fused-ring (bicyclic) bond motifs is 7. The first kappa shape index (κ1) is 49.1. The molecule has 350 valence electrons. The topological polar surface area (TPSA) is 146 Å². The van der Waals surface area contributed by atoms with Crippen LogP contribution in [-0.2, 0) is 25.5 Å². The quantitative estimate of drug-likeness (QED) is 0.0361. The average Bonchev–Trinajstić information content (AvgIpc) is 4.02. The van der Waals surface area contributed by atoms with Gasteiger partial charge in [-0.15, -0.1) is 0 Å². The predicted octanol–water partition coefficient (Wildman–Crippen LogP) is 10.6. The van der Waals surface area contributed by atoms with Crippen LogP contribution in [0.15, 0.2) is 29.6 Å². The number of nitrogens with one attached hydrogen (secondary N) is 4. The second-order valence-electron chi connectivity index (χ2n) is 19.6. The summed E-state index contributed by atoms with van der Waals surface area (Å²) in [5.41, 5.74) is 10.6. The SMILES string of the molecule is C=Cc1c2[nH]c(c1C)C=C1NC(=C3c4[nH]c(c(C)c4C(=O)[C@@H]3C(=O)OC)C=c3[nH]c(c(C=O)c3CC)=C2)[C@@H](CCC(=O)OC/C=C(\C)CCC[C@H](C)CCC[C@H](C)CCCC(C)C)[C@@H]1C. The Labute approximate surface area is 386 Å². The van der Waals surface area contributed by atoms with Crippen LogP contribution in [0.4, 0.5) is 0 Å². The highest BCUT2D eigenvalue weighted by molar-refractivity contribution is 6.24. The monoisotopic (exact) mass is 887 g/mol. The van der Waals surface area contributed by atoms with Gasteiger partial charge < -0.3 is 29.7 Å². The first-order valence-corrected chi connectivity index (χ1v) is 24.2. The number of aromatic nitrogens is 3. The lowest BCUT2D eigenvalue weighted by molar-refractivity contribution is -0.143. The Bertz CT molecular complexity index is 2500. The lowest BCUT2D eigenvalue weighted by Gasteiger charge is -2.19. The van der Waals surface area contributed by atoms with Gasteiger partial charge in [-0.05, 0) is 105 Å². The van der Waals surface area contributed by atoms with Crippen LogP contribution in [0.3, 0.4) is 0 Å². The zero-order chi connectivity index (χ0) is 47.1. The molecular weight excluding hydrogens is 813 g/mol. The number of H-pyrrole nitrogens is 3. The smallest absolute Gasteiger partial charge is 0.321 e. The summed E-state index contributed by atoms with van der Waals surface area (Å²) in [7, 11) is 1.30. The summed E-state index contributed by atoms with van der Waals surface area (Å²) < 4.78 is 11.1. The minimum absolute atomic E-state index is 0.134. The van der Waals surface area contributed by atoms with Gasteiger partial charge in [0, 0.05) is 74.3 Å². The van der Waals surface area contributed by atoms with Crippen LogP contribution < -0.4 is 16.0 Å². The highest BCUT2D eigenvalue weighted by Gasteiger charge is 2.48. The molecule has 10 nitrogen and oxygen atoms in total. The van der Waals surface area contributed by atoms with Crippen LogP contribution in [0.25, 0.3) is 29.9 Å². The molecule has 5 atom stereocenters. The number of Topliss-reactive ketones (excluding diaryl/α,β-unsaturated/α-hetero) is 1. The van der Waals surface area contributed by atoms with Crippen molar-refractivity contribution < 1.29 is 28.7 Å². The van der Waals surface area contributed by atoms with E-state index in [4.69, 9.17) is 9.47 Å². The van der Waals surface area contributed by atoms with E-state index in [1.807, 2.05) is 45.1 Å². The lowest BCUT2D eigenvalue weighted by atomic mass is 9.85. The van der Waals surface area contributed by atoms with Crippen molar-refractivity contribution in [2.75, 3.05) is 13.7 Å². The molecule has 2 aliphatic heterocycles. The van der Waals surface area contributed by atoms with E-state index in [0.717, 1.165) is 70.1 Å². The molecule has 0 saturated carbocycles. The van der Waals surface area contributed by atoms with E-state index in [2.05, 4.69) is 74.5 Å². The average molecular weight is 887 g/mol. The predicted molar refractivity (Wildman–Crippen MR) is 262 cm³/mol. The fourth-order valence-corrected chi connectivity index (χ4v) is 10.4. The third-order valence-electron chi connectivity index (χ3n) is 14.4. The first-order chi connectivity index (χ1) is 31.1. The Kier molecular flexibility index (Phi) is 16.4. The maximum atomic E-state index is 14.4. The Hall–Kier alpha value is -5.38. The van der Waals surface area contributed by atoms with E-state index in [1.54, 1.807) is 0 Å². The maximum absolute atomic E-state index is 14.4. The molecule has 6 rings (SSSR count). The van der Waals surface area contributed by atoms with Crippen molar-refractivity contribution in [2.45, 2.75) is 139 Å². The summed E-state index contributed by atoms with van der Waals surface area (Å²) in [6.07, 6.45) is 23.1. The van der Waals surface area contributed by atoms with Crippen molar-refractivity contribution in [3.8, 4) is 0 Å². The number of aldehydes is 1. The molecule has 3 aromatic rings. The van der Waals surface area contributed by atoms with Gasteiger partial charge in [0.05, 0.1) is 18.2 Å². The number of esters is 2. The molecular formula is C55H74N4O6. The number of allylic oxidation sites excluding steroid dienone is 3. The van der Waals surface area contributed by atoms with E-state index in [1.165, 1.54) is 57.6 Å². The van der Waals surface area contributed by atoms with Crippen molar-refractivity contribution in [1.82, 2.24) is 20.3 Å². The molecule has 1 saturated heterocycles. The molecule has 4 N–H and O–H groups in total. The van der Waals surface area contributed by atoms with Gasteiger partial charge in [0.1, 0.15) is 12.5 Å². The van der Waals surface area contributed by atoms with Crippen LogP contribution in [0.2, 0.25) is 0 Å². The molecule has 0 radical (unpaired) electrons. The Morgan fingerprint density at radius 2 is 1.51 bits per heavy atom. The number of carbonyl (C=O) groups is 4. The van der Waals surface area contributed by atoms with Crippen molar-refractivity contribution in [3.05, 3.63) is 96.5 Å². The lowest BCUT2D eigenvalue weighted by Crippen LogP contribution is -2.25. The molecule has 0 unspecified atom stereocenters. The van der Waals surface area contributed by atoms with Gasteiger partial charge >= 0.3 is 11.9 Å². The van der Waals surface area contributed by atoms with E-state index in [-0.39, 0.29) is 36.6 Å². The number of carbonyl (C=O) groups excluding carboxylic acids is 4. The number of hydrogen-bond acceptors (Lipinski definition) is 7. The fraction of sp³-hybridized carbons (Fsp3) is 0.527. The standard InChI is InChI=1S/C55H74N4O6/c1-12-38-35(8)42-27-43-36(9)40(23-24-48(61)65-26-25-34(7)22-16-21-33(6)20-15-19-32(5)18-14-17-31(3)4)52(58-43)50-51(55(63)64-11)54(62)49-37(10)44(59-53(49)50)28-46-39(13-2)41(30-60)47(57-46)29-45(38)56-42/h12,25,27-33,36,40,51,56-59H,1,13-24,26H2,2-11H3/b34-25+,43-27?,46-28?,47-29?,52-50?/t32-,33-,36+,40+,51-/m1/s1. The molecule has 1 aliphatic carbocycles. The molecule has 1 fully saturated rings. The third-order valence-corrected chi connectivity index (χ3v) is 14.4. The van der Waals surface area contributed by atoms with Crippen LogP contribution in [0, 0.1) is 49.4 Å². The molecule has 3 aromatic heterocycles. The van der Waals surface area contributed by atoms with Gasteiger partial charge in [0.25, 0.3) is 0 Å². The number of aromatic amines is 3. The summed E-state index contributed by atoms with van der Waals surface area (Å²) in [5.74, 6) is -0.546. The second kappa shape index (κ2) is 21.7. The van der Waals surface area contributed by atoms with Crippen molar-refractivity contribution in [1.29, 1.82) is 0 Å². The summed E-state index contributed by atoms with van der Waals surface area (Å²) in [6, 6.07) is 0. The fourth-order valence-electron chi connectivity index (χ4n) is 10.4.